The summed E-state index contributed by atoms with van der Waals surface area (Å²) < 4.78 is 27.0. The SMILES string of the molecule is CC(C)CN(CCC#N)S(=O)(=O)c1ccc2c(c1)CCC2. The summed E-state index contributed by atoms with van der Waals surface area (Å²) in [6.07, 6.45) is 3.32. The Hall–Kier alpha value is -1.38. The second kappa shape index (κ2) is 6.59. The first-order chi connectivity index (χ1) is 9.95. The van der Waals surface area contributed by atoms with Crippen LogP contribution in [0.1, 0.15) is 37.8 Å². The number of nitriles is 1. The van der Waals surface area contributed by atoms with Gasteiger partial charge in [0.2, 0.25) is 10.0 Å². The summed E-state index contributed by atoms with van der Waals surface area (Å²) in [6, 6.07) is 7.49. The summed E-state index contributed by atoms with van der Waals surface area (Å²) in [6.45, 7) is 4.67. The molecule has 4 nitrogen and oxygen atoms in total. The van der Waals surface area contributed by atoms with Crippen molar-refractivity contribution in [3.63, 3.8) is 0 Å². The van der Waals surface area contributed by atoms with Gasteiger partial charge in [0.25, 0.3) is 0 Å². The lowest BCUT2D eigenvalue weighted by Gasteiger charge is -2.23. The van der Waals surface area contributed by atoms with Crippen molar-refractivity contribution < 1.29 is 8.42 Å². The molecule has 0 amide bonds. The van der Waals surface area contributed by atoms with E-state index in [-0.39, 0.29) is 18.9 Å². The molecular weight excluding hydrogens is 284 g/mol. The average Bonchev–Trinajstić information content (AvgIpc) is 2.90. The highest BCUT2D eigenvalue weighted by molar-refractivity contribution is 7.89. The molecular formula is C16H22N2O2S. The van der Waals surface area contributed by atoms with Crippen LogP contribution in [0.5, 0.6) is 0 Å². The van der Waals surface area contributed by atoms with Crippen molar-refractivity contribution in [3.05, 3.63) is 29.3 Å². The van der Waals surface area contributed by atoms with Gasteiger partial charge in [0.05, 0.1) is 11.0 Å². The van der Waals surface area contributed by atoms with Crippen molar-refractivity contribution in [2.75, 3.05) is 13.1 Å². The molecule has 0 atom stereocenters. The predicted molar refractivity (Wildman–Crippen MR) is 82.3 cm³/mol. The lowest BCUT2D eigenvalue weighted by Crippen LogP contribution is -2.35. The number of rotatable bonds is 6. The molecule has 1 aliphatic carbocycles. The van der Waals surface area contributed by atoms with E-state index >= 15 is 0 Å². The average molecular weight is 306 g/mol. The van der Waals surface area contributed by atoms with E-state index in [0.29, 0.717) is 11.4 Å². The van der Waals surface area contributed by atoms with Crippen LogP contribution < -0.4 is 0 Å². The van der Waals surface area contributed by atoms with Gasteiger partial charge in [0, 0.05) is 19.5 Å². The second-order valence-electron chi connectivity index (χ2n) is 5.95. The summed E-state index contributed by atoms with van der Waals surface area (Å²) in [5, 5.41) is 8.74. The quantitative estimate of drug-likeness (QED) is 0.812. The third kappa shape index (κ3) is 3.63. The Balaban J connectivity index is 2.31. The highest BCUT2D eigenvalue weighted by Gasteiger charge is 2.26. The van der Waals surface area contributed by atoms with Gasteiger partial charge in [-0.15, -0.1) is 0 Å². The molecule has 2 rings (SSSR count). The number of benzene rings is 1. The fraction of sp³-hybridized carbons (Fsp3) is 0.562. The minimum Gasteiger partial charge on any atom is -0.207 e. The van der Waals surface area contributed by atoms with Crippen LogP contribution in [-0.2, 0) is 22.9 Å². The zero-order valence-corrected chi connectivity index (χ0v) is 13.5. The first-order valence-electron chi connectivity index (χ1n) is 7.44. The van der Waals surface area contributed by atoms with Gasteiger partial charge < -0.3 is 0 Å². The highest BCUT2D eigenvalue weighted by Crippen LogP contribution is 2.26. The van der Waals surface area contributed by atoms with E-state index in [9.17, 15) is 8.42 Å². The molecule has 0 N–H and O–H groups in total. The van der Waals surface area contributed by atoms with Crippen molar-refractivity contribution >= 4 is 10.0 Å². The van der Waals surface area contributed by atoms with E-state index < -0.39 is 10.0 Å². The molecule has 114 valence electrons. The number of hydrogen-bond acceptors (Lipinski definition) is 3. The van der Waals surface area contributed by atoms with E-state index in [2.05, 4.69) is 0 Å². The maximum Gasteiger partial charge on any atom is 0.243 e. The van der Waals surface area contributed by atoms with Crippen molar-refractivity contribution in [3.8, 4) is 6.07 Å². The van der Waals surface area contributed by atoms with Crippen LogP contribution in [0.3, 0.4) is 0 Å². The molecule has 0 aliphatic heterocycles. The minimum absolute atomic E-state index is 0.219. The number of hydrogen-bond donors (Lipinski definition) is 0. The van der Waals surface area contributed by atoms with E-state index in [1.54, 1.807) is 6.07 Å². The molecule has 0 radical (unpaired) electrons. The molecule has 0 bridgehead atoms. The van der Waals surface area contributed by atoms with Gasteiger partial charge in [-0.05, 0) is 48.4 Å². The largest absolute Gasteiger partial charge is 0.243 e. The van der Waals surface area contributed by atoms with E-state index in [1.807, 2.05) is 32.0 Å². The van der Waals surface area contributed by atoms with Crippen molar-refractivity contribution in [1.29, 1.82) is 5.26 Å². The van der Waals surface area contributed by atoms with Crippen LogP contribution in [0.15, 0.2) is 23.1 Å². The molecule has 0 aromatic heterocycles. The zero-order valence-electron chi connectivity index (χ0n) is 12.7. The molecule has 0 spiro atoms. The Kier molecular flexibility index (Phi) is 5.02. The summed E-state index contributed by atoms with van der Waals surface area (Å²) in [4.78, 5) is 0.363. The van der Waals surface area contributed by atoms with E-state index in [0.717, 1.165) is 24.8 Å². The Bertz CT molecular complexity index is 645. The fourth-order valence-electron chi connectivity index (χ4n) is 2.75. The topological polar surface area (TPSA) is 61.2 Å². The summed E-state index contributed by atoms with van der Waals surface area (Å²) >= 11 is 0. The molecule has 1 aliphatic rings. The van der Waals surface area contributed by atoms with Gasteiger partial charge in [-0.1, -0.05) is 19.9 Å². The second-order valence-corrected chi connectivity index (χ2v) is 7.89. The summed E-state index contributed by atoms with van der Waals surface area (Å²) in [7, 11) is -3.51. The van der Waals surface area contributed by atoms with Crippen LogP contribution in [0, 0.1) is 17.2 Å². The Morgan fingerprint density at radius 1 is 1.29 bits per heavy atom. The summed E-state index contributed by atoms with van der Waals surface area (Å²) in [5.41, 5.74) is 2.42. The van der Waals surface area contributed by atoms with Crippen molar-refractivity contribution in [2.24, 2.45) is 5.92 Å². The van der Waals surface area contributed by atoms with E-state index in [1.165, 1.54) is 9.87 Å². The highest BCUT2D eigenvalue weighted by atomic mass is 32.2. The first kappa shape index (κ1) is 16.0. The number of fused-ring (bicyclic) bond motifs is 1. The van der Waals surface area contributed by atoms with Crippen LogP contribution >= 0.6 is 0 Å². The minimum atomic E-state index is -3.51. The maximum absolute atomic E-state index is 12.8. The van der Waals surface area contributed by atoms with Crippen molar-refractivity contribution in [2.45, 2.75) is 44.4 Å². The molecule has 0 saturated carbocycles. The van der Waals surface area contributed by atoms with E-state index in [4.69, 9.17) is 5.26 Å². The molecule has 0 saturated heterocycles. The fourth-order valence-corrected chi connectivity index (χ4v) is 4.40. The number of aryl methyl sites for hydroxylation is 2. The standard InChI is InChI=1S/C16H22N2O2S/c1-13(2)12-18(10-4-9-17)21(19,20)16-8-7-14-5-3-6-15(14)11-16/h7-8,11,13H,3-6,10,12H2,1-2H3. The number of sulfonamides is 1. The third-order valence-corrected chi connectivity index (χ3v) is 5.61. The van der Waals surface area contributed by atoms with Crippen molar-refractivity contribution in [1.82, 2.24) is 4.31 Å². The third-order valence-electron chi connectivity index (χ3n) is 3.75. The molecule has 0 fully saturated rings. The van der Waals surface area contributed by atoms with Gasteiger partial charge in [0.15, 0.2) is 0 Å². The van der Waals surface area contributed by atoms with Gasteiger partial charge in [0.1, 0.15) is 0 Å². The molecule has 1 aromatic rings. The Labute approximate surface area is 127 Å². The summed E-state index contributed by atoms with van der Waals surface area (Å²) in [5.74, 6) is 0.230. The monoisotopic (exact) mass is 306 g/mol. The van der Waals surface area contributed by atoms with Crippen LogP contribution in [0.25, 0.3) is 0 Å². The molecule has 1 aromatic carbocycles. The zero-order chi connectivity index (χ0) is 15.5. The maximum atomic E-state index is 12.8. The van der Waals surface area contributed by atoms with Crippen LogP contribution in [0.2, 0.25) is 0 Å². The van der Waals surface area contributed by atoms with Crippen LogP contribution in [-0.4, -0.2) is 25.8 Å². The van der Waals surface area contributed by atoms with Gasteiger partial charge in [-0.2, -0.15) is 9.57 Å². The molecule has 0 unspecified atom stereocenters. The smallest absolute Gasteiger partial charge is 0.207 e. The Morgan fingerprint density at radius 3 is 2.67 bits per heavy atom. The normalized spacial score (nSPS) is 14.4. The molecule has 5 heteroatoms. The lowest BCUT2D eigenvalue weighted by molar-refractivity contribution is 0.373. The predicted octanol–water partition coefficient (Wildman–Crippen LogP) is 2.74. The van der Waals surface area contributed by atoms with Gasteiger partial charge in [-0.25, -0.2) is 8.42 Å². The van der Waals surface area contributed by atoms with Gasteiger partial charge in [-0.3, -0.25) is 0 Å². The molecule has 21 heavy (non-hydrogen) atoms. The lowest BCUT2D eigenvalue weighted by atomic mass is 10.1. The number of nitrogens with zero attached hydrogens (tertiary/aromatic N) is 2. The van der Waals surface area contributed by atoms with Gasteiger partial charge >= 0.3 is 0 Å². The first-order valence-corrected chi connectivity index (χ1v) is 8.88. The van der Waals surface area contributed by atoms with Crippen LogP contribution in [0.4, 0.5) is 0 Å². The molecule has 0 heterocycles. The Morgan fingerprint density at radius 2 is 2.00 bits per heavy atom.